The molecular formula is C27H21BrN2O5. The van der Waals surface area contributed by atoms with Crippen molar-refractivity contribution < 1.29 is 23.9 Å². The molecule has 0 unspecified atom stereocenters. The zero-order valence-corrected chi connectivity index (χ0v) is 20.7. The summed E-state index contributed by atoms with van der Waals surface area (Å²) in [6.07, 6.45) is 0.0778. The SMILES string of the molecule is Cc1ccc(N2C[C@@H](C(=O)Oc3ccc(N4C(=O)c5ccc(Br)cc5C4=O)c(C)c3)CC2=O)cc1. The van der Waals surface area contributed by atoms with E-state index in [-0.39, 0.29) is 24.6 Å². The summed E-state index contributed by atoms with van der Waals surface area (Å²) in [6, 6.07) is 17.3. The first-order chi connectivity index (χ1) is 16.7. The summed E-state index contributed by atoms with van der Waals surface area (Å²) < 4.78 is 6.28. The van der Waals surface area contributed by atoms with Crippen LogP contribution in [0.3, 0.4) is 0 Å². The number of imide groups is 1. The molecule has 3 aromatic rings. The summed E-state index contributed by atoms with van der Waals surface area (Å²) >= 11 is 3.33. The molecule has 0 spiro atoms. The van der Waals surface area contributed by atoms with Gasteiger partial charge in [-0.3, -0.25) is 19.2 Å². The number of amides is 3. The van der Waals surface area contributed by atoms with Crippen LogP contribution in [0.4, 0.5) is 11.4 Å². The van der Waals surface area contributed by atoms with E-state index in [0.717, 1.165) is 16.2 Å². The van der Waals surface area contributed by atoms with Gasteiger partial charge in [0.2, 0.25) is 5.91 Å². The molecule has 7 nitrogen and oxygen atoms in total. The number of esters is 1. The second-order valence-electron chi connectivity index (χ2n) is 8.75. The summed E-state index contributed by atoms with van der Waals surface area (Å²) in [7, 11) is 0. The summed E-state index contributed by atoms with van der Waals surface area (Å²) in [5.41, 5.74) is 3.55. The van der Waals surface area contributed by atoms with Crippen molar-refractivity contribution >= 4 is 51.0 Å². The average Bonchev–Trinajstić information content (AvgIpc) is 3.32. The van der Waals surface area contributed by atoms with Crippen molar-refractivity contribution in [1.82, 2.24) is 0 Å². The van der Waals surface area contributed by atoms with Gasteiger partial charge in [-0.15, -0.1) is 0 Å². The van der Waals surface area contributed by atoms with E-state index in [0.29, 0.717) is 26.9 Å². The lowest BCUT2D eigenvalue weighted by atomic mass is 10.1. The Morgan fingerprint density at radius 1 is 0.914 bits per heavy atom. The second-order valence-corrected chi connectivity index (χ2v) is 9.66. The van der Waals surface area contributed by atoms with Crippen LogP contribution < -0.4 is 14.5 Å². The van der Waals surface area contributed by atoms with Gasteiger partial charge in [0.1, 0.15) is 5.75 Å². The van der Waals surface area contributed by atoms with Crippen LogP contribution >= 0.6 is 15.9 Å². The fourth-order valence-electron chi connectivity index (χ4n) is 4.41. The molecule has 1 saturated heterocycles. The standard InChI is InChI=1S/C27H21BrN2O5/c1-15-3-6-19(7-4-15)29-14-17(12-24(29)31)27(34)35-20-8-10-23(16(2)11-20)30-25(32)21-9-5-18(28)13-22(21)26(30)33/h3-11,13,17H,12,14H2,1-2H3/t17-/m0/s1. The summed E-state index contributed by atoms with van der Waals surface area (Å²) in [5.74, 6) is -1.72. The van der Waals surface area contributed by atoms with Crippen LogP contribution in [-0.4, -0.2) is 30.2 Å². The number of benzene rings is 3. The van der Waals surface area contributed by atoms with Crippen molar-refractivity contribution in [1.29, 1.82) is 0 Å². The van der Waals surface area contributed by atoms with Gasteiger partial charge in [-0.2, -0.15) is 0 Å². The van der Waals surface area contributed by atoms with Gasteiger partial charge in [0.15, 0.2) is 0 Å². The minimum Gasteiger partial charge on any atom is -0.426 e. The molecule has 2 aliphatic heterocycles. The van der Waals surface area contributed by atoms with Gasteiger partial charge in [0.25, 0.3) is 11.8 Å². The minimum absolute atomic E-state index is 0.0778. The van der Waals surface area contributed by atoms with Crippen molar-refractivity contribution in [2.45, 2.75) is 20.3 Å². The highest BCUT2D eigenvalue weighted by Gasteiger charge is 2.38. The Hall–Kier alpha value is -3.78. The molecule has 0 radical (unpaired) electrons. The highest BCUT2D eigenvalue weighted by atomic mass is 79.9. The Balaban J connectivity index is 1.30. The van der Waals surface area contributed by atoms with Crippen molar-refractivity contribution in [3.8, 4) is 5.75 Å². The molecule has 2 aliphatic rings. The molecule has 8 heteroatoms. The molecule has 0 aliphatic carbocycles. The highest BCUT2D eigenvalue weighted by molar-refractivity contribution is 9.10. The maximum atomic E-state index is 12.9. The Morgan fingerprint density at radius 3 is 2.34 bits per heavy atom. The zero-order chi connectivity index (χ0) is 24.9. The maximum Gasteiger partial charge on any atom is 0.316 e. The van der Waals surface area contributed by atoms with Gasteiger partial charge >= 0.3 is 5.97 Å². The van der Waals surface area contributed by atoms with Gasteiger partial charge in [-0.05, 0) is 67.9 Å². The number of nitrogens with zero attached hydrogens (tertiary/aromatic N) is 2. The zero-order valence-electron chi connectivity index (χ0n) is 19.1. The molecule has 0 saturated carbocycles. The lowest BCUT2D eigenvalue weighted by Gasteiger charge is -2.18. The molecule has 0 bridgehead atoms. The Labute approximate surface area is 210 Å². The Bertz CT molecular complexity index is 1400. The molecule has 0 aromatic heterocycles. The van der Waals surface area contributed by atoms with Crippen LogP contribution in [0, 0.1) is 19.8 Å². The number of aryl methyl sites for hydroxylation is 2. The minimum atomic E-state index is -0.585. The number of fused-ring (bicyclic) bond motifs is 1. The number of rotatable bonds is 4. The molecular weight excluding hydrogens is 512 g/mol. The van der Waals surface area contributed by atoms with Gasteiger partial charge in [0.05, 0.1) is 22.7 Å². The Morgan fingerprint density at radius 2 is 1.63 bits per heavy atom. The smallest absolute Gasteiger partial charge is 0.316 e. The van der Waals surface area contributed by atoms with Crippen molar-refractivity contribution in [2.75, 3.05) is 16.3 Å². The predicted octanol–water partition coefficient (Wildman–Crippen LogP) is 4.83. The first-order valence-electron chi connectivity index (χ1n) is 11.1. The summed E-state index contributed by atoms with van der Waals surface area (Å²) in [4.78, 5) is 53.8. The van der Waals surface area contributed by atoms with E-state index in [1.54, 1.807) is 48.2 Å². The van der Waals surface area contributed by atoms with E-state index in [2.05, 4.69) is 15.9 Å². The number of ether oxygens (including phenoxy) is 1. The van der Waals surface area contributed by atoms with E-state index >= 15 is 0 Å². The first-order valence-corrected chi connectivity index (χ1v) is 11.9. The molecule has 0 N–H and O–H groups in total. The van der Waals surface area contributed by atoms with Crippen LogP contribution in [-0.2, 0) is 9.59 Å². The quantitative estimate of drug-likeness (QED) is 0.273. The number of anilines is 2. The number of halogens is 1. The van der Waals surface area contributed by atoms with E-state index in [9.17, 15) is 19.2 Å². The van der Waals surface area contributed by atoms with E-state index < -0.39 is 23.7 Å². The highest BCUT2D eigenvalue weighted by Crippen LogP contribution is 2.34. The van der Waals surface area contributed by atoms with Crippen LogP contribution in [0.5, 0.6) is 5.75 Å². The fourth-order valence-corrected chi connectivity index (χ4v) is 4.77. The average molecular weight is 533 g/mol. The molecule has 176 valence electrons. The number of hydrogen-bond acceptors (Lipinski definition) is 5. The fraction of sp³-hybridized carbons (Fsp3) is 0.185. The summed E-state index contributed by atoms with van der Waals surface area (Å²) in [5, 5.41) is 0. The van der Waals surface area contributed by atoms with Crippen molar-refractivity contribution in [3.05, 3.63) is 87.4 Å². The molecule has 3 aromatic carbocycles. The Kier molecular flexibility index (Phi) is 5.76. The monoisotopic (exact) mass is 532 g/mol. The number of carbonyl (C=O) groups excluding carboxylic acids is 4. The predicted molar refractivity (Wildman–Crippen MR) is 134 cm³/mol. The molecule has 35 heavy (non-hydrogen) atoms. The summed E-state index contributed by atoms with van der Waals surface area (Å²) in [6.45, 7) is 3.96. The molecule has 3 amide bonds. The normalized spacial score (nSPS) is 17.2. The number of carbonyl (C=O) groups is 4. The van der Waals surface area contributed by atoms with Gasteiger partial charge in [-0.1, -0.05) is 33.6 Å². The third-order valence-corrected chi connectivity index (χ3v) is 6.77. The van der Waals surface area contributed by atoms with E-state index in [1.807, 2.05) is 31.2 Å². The largest absolute Gasteiger partial charge is 0.426 e. The van der Waals surface area contributed by atoms with E-state index in [1.165, 1.54) is 0 Å². The maximum absolute atomic E-state index is 12.9. The van der Waals surface area contributed by atoms with Crippen molar-refractivity contribution in [2.24, 2.45) is 5.92 Å². The molecule has 5 rings (SSSR count). The lowest BCUT2D eigenvalue weighted by Crippen LogP contribution is -2.30. The van der Waals surface area contributed by atoms with Crippen LogP contribution in [0.25, 0.3) is 0 Å². The van der Waals surface area contributed by atoms with Crippen LogP contribution in [0.1, 0.15) is 38.3 Å². The van der Waals surface area contributed by atoms with Crippen LogP contribution in [0.2, 0.25) is 0 Å². The first kappa shape index (κ1) is 23.0. The third-order valence-electron chi connectivity index (χ3n) is 6.28. The molecule has 1 atom stereocenters. The molecule has 2 heterocycles. The van der Waals surface area contributed by atoms with Crippen molar-refractivity contribution in [3.63, 3.8) is 0 Å². The van der Waals surface area contributed by atoms with E-state index in [4.69, 9.17) is 4.74 Å². The van der Waals surface area contributed by atoms with Gasteiger partial charge in [-0.25, -0.2) is 4.90 Å². The van der Waals surface area contributed by atoms with Crippen LogP contribution in [0.15, 0.2) is 65.1 Å². The number of hydrogen-bond donors (Lipinski definition) is 0. The second kappa shape index (κ2) is 8.78. The van der Waals surface area contributed by atoms with Gasteiger partial charge in [0, 0.05) is 23.1 Å². The molecule has 1 fully saturated rings. The topological polar surface area (TPSA) is 84.0 Å². The van der Waals surface area contributed by atoms with Gasteiger partial charge < -0.3 is 9.64 Å². The lowest BCUT2D eigenvalue weighted by molar-refractivity contribution is -0.139. The third kappa shape index (κ3) is 4.14.